The molecule has 1 atom stereocenters. The molecule has 3 rings (SSSR count). The smallest absolute Gasteiger partial charge is 0.251 e. The van der Waals surface area contributed by atoms with Gasteiger partial charge < -0.3 is 14.6 Å². The third kappa shape index (κ3) is 4.92. The van der Waals surface area contributed by atoms with Gasteiger partial charge >= 0.3 is 0 Å². The van der Waals surface area contributed by atoms with Crippen molar-refractivity contribution >= 4 is 17.7 Å². The minimum atomic E-state index is -0.353. The molecule has 0 saturated heterocycles. The number of nitrogens with one attached hydrogen (secondary N) is 1. The lowest BCUT2D eigenvalue weighted by Crippen LogP contribution is -2.29. The van der Waals surface area contributed by atoms with Crippen LogP contribution in [0.25, 0.3) is 11.4 Å². The van der Waals surface area contributed by atoms with E-state index in [0.717, 1.165) is 16.9 Å². The Kier molecular flexibility index (Phi) is 6.71. The molecule has 7 heteroatoms. The van der Waals surface area contributed by atoms with E-state index in [1.165, 1.54) is 0 Å². The molecule has 0 aliphatic carbocycles. The number of aromatic nitrogens is 2. The molecule has 28 heavy (non-hydrogen) atoms. The predicted octanol–water partition coefficient (Wildman–Crippen LogP) is 4.28. The molecule has 1 unspecified atom stereocenters. The quantitative estimate of drug-likeness (QED) is 0.611. The third-order valence-electron chi connectivity index (χ3n) is 4.32. The van der Waals surface area contributed by atoms with Crippen molar-refractivity contribution in [2.75, 3.05) is 19.1 Å². The fourth-order valence-corrected chi connectivity index (χ4v) is 3.15. The first-order valence-electron chi connectivity index (χ1n) is 8.95. The first kappa shape index (κ1) is 19.9. The summed E-state index contributed by atoms with van der Waals surface area (Å²) in [5, 5.41) is 7.09. The van der Waals surface area contributed by atoms with Gasteiger partial charge in [-0.1, -0.05) is 35.0 Å². The predicted molar refractivity (Wildman–Crippen MR) is 111 cm³/mol. The molecule has 6 nitrogen and oxygen atoms in total. The van der Waals surface area contributed by atoms with Gasteiger partial charge in [-0.3, -0.25) is 4.79 Å². The first-order chi connectivity index (χ1) is 13.6. The van der Waals surface area contributed by atoms with Crippen LogP contribution in [-0.4, -0.2) is 35.2 Å². The standard InChI is InChI=1S/C21H23N3O3S/c1-14-4-6-15(7-5-14)19-23-21(27-24-19)18(12-13-28-3)22-20(25)16-8-10-17(26-2)11-9-16/h4-11,18H,12-13H2,1-3H3,(H,22,25). The molecular weight excluding hydrogens is 374 g/mol. The van der Waals surface area contributed by atoms with Gasteiger partial charge in [0.15, 0.2) is 0 Å². The van der Waals surface area contributed by atoms with Crippen molar-refractivity contribution in [2.45, 2.75) is 19.4 Å². The van der Waals surface area contributed by atoms with E-state index in [2.05, 4.69) is 15.5 Å². The van der Waals surface area contributed by atoms with E-state index >= 15 is 0 Å². The Hall–Kier alpha value is -2.80. The van der Waals surface area contributed by atoms with Crippen molar-refractivity contribution in [2.24, 2.45) is 0 Å². The zero-order chi connectivity index (χ0) is 19.9. The summed E-state index contributed by atoms with van der Waals surface area (Å²) in [6.07, 6.45) is 2.71. The number of thioether (sulfide) groups is 1. The highest BCUT2D eigenvalue weighted by Crippen LogP contribution is 2.23. The van der Waals surface area contributed by atoms with E-state index < -0.39 is 0 Å². The van der Waals surface area contributed by atoms with Crippen molar-refractivity contribution in [1.82, 2.24) is 15.5 Å². The highest BCUT2D eigenvalue weighted by Gasteiger charge is 2.22. The Balaban J connectivity index is 1.77. The summed E-state index contributed by atoms with van der Waals surface area (Å²) < 4.78 is 10.6. The van der Waals surface area contributed by atoms with Crippen LogP contribution in [0, 0.1) is 6.92 Å². The number of amides is 1. The molecule has 1 aromatic heterocycles. The number of methoxy groups -OCH3 is 1. The molecule has 0 saturated carbocycles. The number of ether oxygens (including phenoxy) is 1. The monoisotopic (exact) mass is 397 g/mol. The van der Waals surface area contributed by atoms with E-state index in [9.17, 15) is 4.79 Å². The maximum Gasteiger partial charge on any atom is 0.251 e. The van der Waals surface area contributed by atoms with Crippen LogP contribution in [0.4, 0.5) is 0 Å². The van der Waals surface area contributed by atoms with Gasteiger partial charge in [0, 0.05) is 11.1 Å². The molecule has 0 fully saturated rings. The number of carbonyl (C=O) groups excluding carboxylic acids is 1. The van der Waals surface area contributed by atoms with Crippen molar-refractivity contribution in [3.05, 3.63) is 65.5 Å². The fourth-order valence-electron chi connectivity index (χ4n) is 2.67. The Morgan fingerprint density at radius 2 is 1.89 bits per heavy atom. The molecule has 0 aliphatic heterocycles. The zero-order valence-corrected chi connectivity index (χ0v) is 17.0. The van der Waals surface area contributed by atoms with Crippen molar-refractivity contribution in [3.8, 4) is 17.1 Å². The molecule has 2 aromatic carbocycles. The second-order valence-electron chi connectivity index (χ2n) is 6.36. The normalized spacial score (nSPS) is 11.8. The van der Waals surface area contributed by atoms with Crippen LogP contribution >= 0.6 is 11.8 Å². The Bertz CT molecular complexity index is 907. The molecule has 1 heterocycles. The highest BCUT2D eigenvalue weighted by molar-refractivity contribution is 7.98. The van der Waals surface area contributed by atoms with Crippen molar-refractivity contribution in [1.29, 1.82) is 0 Å². The van der Waals surface area contributed by atoms with Crippen LogP contribution in [0.3, 0.4) is 0 Å². The third-order valence-corrected chi connectivity index (χ3v) is 4.96. The van der Waals surface area contributed by atoms with E-state index in [0.29, 0.717) is 29.4 Å². The van der Waals surface area contributed by atoms with Crippen LogP contribution in [0.2, 0.25) is 0 Å². The Morgan fingerprint density at radius 1 is 1.18 bits per heavy atom. The van der Waals surface area contributed by atoms with Gasteiger partial charge in [-0.2, -0.15) is 16.7 Å². The number of hydrogen-bond donors (Lipinski definition) is 1. The second kappa shape index (κ2) is 9.41. The van der Waals surface area contributed by atoms with Crippen LogP contribution in [0.1, 0.15) is 34.3 Å². The van der Waals surface area contributed by atoms with E-state index in [4.69, 9.17) is 9.26 Å². The van der Waals surface area contributed by atoms with Gasteiger partial charge in [0.25, 0.3) is 5.91 Å². The minimum absolute atomic E-state index is 0.191. The molecule has 0 radical (unpaired) electrons. The average molecular weight is 398 g/mol. The summed E-state index contributed by atoms with van der Waals surface area (Å²) >= 11 is 1.70. The largest absolute Gasteiger partial charge is 0.497 e. The Morgan fingerprint density at radius 3 is 2.54 bits per heavy atom. The molecule has 0 bridgehead atoms. The van der Waals surface area contributed by atoms with Gasteiger partial charge in [0.1, 0.15) is 11.8 Å². The van der Waals surface area contributed by atoms with Crippen LogP contribution < -0.4 is 10.1 Å². The average Bonchev–Trinajstić information content (AvgIpc) is 3.21. The number of benzene rings is 2. The second-order valence-corrected chi connectivity index (χ2v) is 7.34. The van der Waals surface area contributed by atoms with Gasteiger partial charge in [-0.15, -0.1) is 0 Å². The number of aryl methyl sites for hydroxylation is 1. The van der Waals surface area contributed by atoms with Crippen LogP contribution in [0.15, 0.2) is 53.1 Å². The topological polar surface area (TPSA) is 77.2 Å². The molecule has 146 valence electrons. The summed E-state index contributed by atoms with van der Waals surface area (Å²) in [4.78, 5) is 17.2. The zero-order valence-electron chi connectivity index (χ0n) is 16.1. The lowest BCUT2D eigenvalue weighted by atomic mass is 10.1. The summed E-state index contributed by atoms with van der Waals surface area (Å²) in [5.74, 6) is 2.30. The lowest BCUT2D eigenvalue weighted by Gasteiger charge is -2.14. The minimum Gasteiger partial charge on any atom is -0.497 e. The first-order valence-corrected chi connectivity index (χ1v) is 10.3. The van der Waals surface area contributed by atoms with Crippen molar-refractivity contribution in [3.63, 3.8) is 0 Å². The molecular formula is C21H23N3O3S. The van der Waals surface area contributed by atoms with Gasteiger partial charge in [0.2, 0.25) is 11.7 Å². The number of nitrogens with zero attached hydrogens (tertiary/aromatic N) is 2. The highest BCUT2D eigenvalue weighted by atomic mass is 32.2. The van der Waals surface area contributed by atoms with E-state index in [1.807, 2.05) is 37.4 Å². The SMILES string of the molecule is COc1ccc(C(=O)NC(CCSC)c2nc(-c3ccc(C)cc3)no2)cc1. The van der Waals surface area contributed by atoms with Crippen molar-refractivity contribution < 1.29 is 14.1 Å². The number of carbonyl (C=O) groups is 1. The summed E-state index contributed by atoms with van der Waals surface area (Å²) in [7, 11) is 1.59. The van der Waals surface area contributed by atoms with Gasteiger partial charge in [-0.25, -0.2) is 0 Å². The van der Waals surface area contributed by atoms with Crippen LogP contribution in [0.5, 0.6) is 5.75 Å². The summed E-state index contributed by atoms with van der Waals surface area (Å²) in [5.41, 5.74) is 2.59. The molecule has 3 aromatic rings. The molecule has 1 N–H and O–H groups in total. The van der Waals surface area contributed by atoms with Gasteiger partial charge in [0.05, 0.1) is 7.11 Å². The molecule has 1 amide bonds. The van der Waals surface area contributed by atoms with Crippen LogP contribution in [-0.2, 0) is 0 Å². The Labute approximate surface area is 168 Å². The fraction of sp³-hybridized carbons (Fsp3) is 0.286. The van der Waals surface area contributed by atoms with E-state index in [1.54, 1.807) is 43.1 Å². The number of rotatable bonds is 8. The summed E-state index contributed by atoms with van der Waals surface area (Å²) in [6.45, 7) is 2.03. The lowest BCUT2D eigenvalue weighted by molar-refractivity contribution is 0.0927. The summed E-state index contributed by atoms with van der Waals surface area (Å²) in [6, 6.07) is 14.5. The van der Waals surface area contributed by atoms with E-state index in [-0.39, 0.29) is 11.9 Å². The molecule has 0 aliphatic rings. The maximum atomic E-state index is 12.7. The molecule has 0 spiro atoms. The van der Waals surface area contributed by atoms with Gasteiger partial charge in [-0.05, 0) is 49.6 Å². The number of hydrogen-bond acceptors (Lipinski definition) is 6. The maximum absolute atomic E-state index is 12.7.